The lowest BCUT2D eigenvalue weighted by Crippen LogP contribution is -1.91. The van der Waals surface area contributed by atoms with E-state index in [1.807, 2.05) is 12.3 Å². The Morgan fingerprint density at radius 1 is 1.13 bits per heavy atom. The molecule has 2 aromatic heterocycles. The molecule has 0 unspecified atom stereocenters. The number of nitrogens with zero attached hydrogens (tertiary/aromatic N) is 4. The zero-order valence-corrected chi connectivity index (χ0v) is 10.6. The van der Waals surface area contributed by atoms with Gasteiger partial charge in [-0.1, -0.05) is 0 Å². The summed E-state index contributed by atoms with van der Waals surface area (Å²) in [5.41, 5.74) is 0.966. The van der Waals surface area contributed by atoms with E-state index >= 15 is 0 Å². The van der Waals surface area contributed by atoms with Crippen LogP contribution in [0.1, 0.15) is 5.69 Å². The molecule has 0 saturated carbocycles. The van der Waals surface area contributed by atoms with Crippen LogP contribution in [0.5, 0.6) is 0 Å². The standard InChI is InChI=1S/C7H4Cl2N4S2/c1-3-2-14-7(10-3)15-6-12-4(8)11-5(9)13-6/h2H,1H3. The highest BCUT2D eigenvalue weighted by Gasteiger charge is 2.07. The first kappa shape index (κ1) is 11.1. The van der Waals surface area contributed by atoms with E-state index in [9.17, 15) is 0 Å². The van der Waals surface area contributed by atoms with Crippen LogP contribution in [0.3, 0.4) is 0 Å². The third-order valence-corrected chi connectivity index (χ3v) is 3.60. The van der Waals surface area contributed by atoms with Gasteiger partial charge in [0, 0.05) is 11.1 Å². The van der Waals surface area contributed by atoms with E-state index < -0.39 is 0 Å². The maximum atomic E-state index is 5.64. The molecule has 2 rings (SSSR count). The van der Waals surface area contributed by atoms with Crippen molar-refractivity contribution in [3.05, 3.63) is 21.6 Å². The van der Waals surface area contributed by atoms with Crippen LogP contribution in [0.4, 0.5) is 0 Å². The van der Waals surface area contributed by atoms with Gasteiger partial charge in [0.05, 0.1) is 0 Å². The fraction of sp³-hybridized carbons (Fsp3) is 0.143. The second-order valence-electron chi connectivity index (χ2n) is 2.51. The molecule has 0 radical (unpaired) electrons. The molecule has 0 spiro atoms. The molecule has 0 atom stereocenters. The largest absolute Gasteiger partial charge is 0.235 e. The number of hydrogen-bond acceptors (Lipinski definition) is 6. The fourth-order valence-corrected chi connectivity index (χ4v) is 2.97. The van der Waals surface area contributed by atoms with E-state index in [1.54, 1.807) is 0 Å². The van der Waals surface area contributed by atoms with Crippen LogP contribution in [-0.4, -0.2) is 19.9 Å². The average molecular weight is 279 g/mol. The van der Waals surface area contributed by atoms with Crippen molar-refractivity contribution >= 4 is 46.3 Å². The van der Waals surface area contributed by atoms with Gasteiger partial charge >= 0.3 is 0 Å². The second kappa shape index (κ2) is 4.61. The predicted octanol–water partition coefficient (Wildman–Crippen LogP) is 3.09. The molecule has 2 aromatic rings. The van der Waals surface area contributed by atoms with Crippen molar-refractivity contribution in [1.29, 1.82) is 0 Å². The number of aromatic nitrogens is 4. The van der Waals surface area contributed by atoms with E-state index in [2.05, 4.69) is 19.9 Å². The lowest BCUT2D eigenvalue weighted by atomic mass is 10.6. The van der Waals surface area contributed by atoms with E-state index in [0.717, 1.165) is 10.0 Å². The molecule has 0 aliphatic heterocycles. The Labute approximate surface area is 104 Å². The number of rotatable bonds is 2. The van der Waals surface area contributed by atoms with Gasteiger partial charge < -0.3 is 0 Å². The van der Waals surface area contributed by atoms with Crippen molar-refractivity contribution in [2.24, 2.45) is 0 Å². The van der Waals surface area contributed by atoms with Gasteiger partial charge in [-0.25, -0.2) is 4.98 Å². The summed E-state index contributed by atoms with van der Waals surface area (Å²) in [6.07, 6.45) is 0. The van der Waals surface area contributed by atoms with Crippen LogP contribution < -0.4 is 0 Å². The monoisotopic (exact) mass is 278 g/mol. The predicted molar refractivity (Wildman–Crippen MR) is 60.8 cm³/mol. The normalized spacial score (nSPS) is 10.6. The molecular formula is C7H4Cl2N4S2. The highest BCUT2D eigenvalue weighted by atomic mass is 35.5. The molecule has 15 heavy (non-hydrogen) atoms. The summed E-state index contributed by atoms with van der Waals surface area (Å²) in [5, 5.41) is 2.58. The Balaban J connectivity index is 2.24. The molecular weight excluding hydrogens is 275 g/mol. The summed E-state index contributed by atoms with van der Waals surface area (Å²) in [7, 11) is 0. The minimum Gasteiger partial charge on any atom is -0.235 e. The molecule has 0 aliphatic rings. The Kier molecular flexibility index (Phi) is 3.40. The lowest BCUT2D eigenvalue weighted by molar-refractivity contribution is 0.903. The summed E-state index contributed by atoms with van der Waals surface area (Å²) < 4.78 is 0.853. The van der Waals surface area contributed by atoms with E-state index in [-0.39, 0.29) is 10.6 Å². The van der Waals surface area contributed by atoms with Crippen molar-refractivity contribution in [2.45, 2.75) is 16.4 Å². The number of thiazole rings is 1. The Bertz CT molecular complexity index is 467. The second-order valence-corrected chi connectivity index (χ2v) is 5.26. The quantitative estimate of drug-likeness (QED) is 0.845. The van der Waals surface area contributed by atoms with Crippen LogP contribution in [-0.2, 0) is 0 Å². The van der Waals surface area contributed by atoms with Gasteiger partial charge in [-0.15, -0.1) is 11.3 Å². The first-order valence-corrected chi connectivity index (χ1v) is 6.26. The van der Waals surface area contributed by atoms with Crippen LogP contribution in [0.15, 0.2) is 14.9 Å². The summed E-state index contributed by atoms with van der Waals surface area (Å²) in [4.78, 5) is 15.8. The highest BCUT2D eigenvalue weighted by Crippen LogP contribution is 2.28. The van der Waals surface area contributed by atoms with E-state index in [0.29, 0.717) is 5.16 Å². The zero-order chi connectivity index (χ0) is 10.8. The van der Waals surface area contributed by atoms with Gasteiger partial charge in [0.2, 0.25) is 10.6 Å². The lowest BCUT2D eigenvalue weighted by Gasteiger charge is -1.96. The SMILES string of the molecule is Cc1csc(Sc2nc(Cl)nc(Cl)n2)n1. The molecule has 8 heteroatoms. The molecule has 0 bridgehead atoms. The fourth-order valence-electron chi connectivity index (χ4n) is 0.812. The molecule has 0 saturated heterocycles. The Hall–Kier alpha value is -0.430. The maximum absolute atomic E-state index is 5.64. The molecule has 0 N–H and O–H groups in total. The van der Waals surface area contributed by atoms with Gasteiger partial charge in [-0.3, -0.25) is 0 Å². The van der Waals surface area contributed by atoms with Crippen molar-refractivity contribution in [3.63, 3.8) is 0 Å². The molecule has 4 nitrogen and oxygen atoms in total. The topological polar surface area (TPSA) is 51.6 Å². The molecule has 0 aliphatic carbocycles. The van der Waals surface area contributed by atoms with Gasteiger partial charge in [-0.2, -0.15) is 15.0 Å². The van der Waals surface area contributed by atoms with Crippen LogP contribution in [0, 0.1) is 6.92 Å². The van der Waals surface area contributed by atoms with E-state index in [4.69, 9.17) is 23.2 Å². The van der Waals surface area contributed by atoms with Crippen molar-refractivity contribution in [1.82, 2.24) is 19.9 Å². The number of hydrogen-bond donors (Lipinski definition) is 0. The van der Waals surface area contributed by atoms with Crippen molar-refractivity contribution in [3.8, 4) is 0 Å². The number of halogens is 2. The molecule has 2 heterocycles. The first-order valence-electron chi connectivity index (χ1n) is 3.80. The summed E-state index contributed by atoms with van der Waals surface area (Å²) >= 11 is 14.1. The zero-order valence-electron chi connectivity index (χ0n) is 7.44. The van der Waals surface area contributed by atoms with Gasteiger partial charge in [0.15, 0.2) is 9.50 Å². The maximum Gasteiger partial charge on any atom is 0.227 e. The smallest absolute Gasteiger partial charge is 0.227 e. The third kappa shape index (κ3) is 3.01. The summed E-state index contributed by atoms with van der Waals surface area (Å²) in [5.74, 6) is 0. The Morgan fingerprint density at radius 2 is 1.80 bits per heavy atom. The van der Waals surface area contributed by atoms with Crippen molar-refractivity contribution < 1.29 is 0 Å². The summed E-state index contributed by atoms with van der Waals surface area (Å²) in [6, 6.07) is 0. The molecule has 0 fully saturated rings. The summed E-state index contributed by atoms with van der Waals surface area (Å²) in [6.45, 7) is 1.92. The highest BCUT2D eigenvalue weighted by molar-refractivity contribution is 8.00. The minimum absolute atomic E-state index is 0.0887. The molecule has 0 amide bonds. The van der Waals surface area contributed by atoms with Crippen LogP contribution in [0.2, 0.25) is 10.6 Å². The van der Waals surface area contributed by atoms with E-state index in [1.165, 1.54) is 23.1 Å². The first-order chi connectivity index (χ1) is 7.13. The average Bonchev–Trinajstić information content (AvgIpc) is 2.49. The van der Waals surface area contributed by atoms with Gasteiger partial charge in [-0.05, 0) is 41.9 Å². The van der Waals surface area contributed by atoms with Crippen molar-refractivity contribution in [2.75, 3.05) is 0 Å². The van der Waals surface area contributed by atoms with Gasteiger partial charge in [0.25, 0.3) is 0 Å². The van der Waals surface area contributed by atoms with Gasteiger partial charge in [0.1, 0.15) is 0 Å². The molecule has 78 valence electrons. The van der Waals surface area contributed by atoms with Crippen LogP contribution in [0.25, 0.3) is 0 Å². The number of aryl methyl sites for hydroxylation is 1. The third-order valence-electron chi connectivity index (χ3n) is 1.34. The minimum atomic E-state index is 0.0887. The van der Waals surface area contributed by atoms with Crippen LogP contribution >= 0.6 is 46.3 Å². The Morgan fingerprint density at radius 3 is 2.33 bits per heavy atom. The molecule has 0 aromatic carbocycles.